The zero-order chi connectivity index (χ0) is 15.7. The fraction of sp³-hybridized carbons (Fsp3) is 0.941. The van der Waals surface area contributed by atoms with Crippen molar-refractivity contribution in [1.82, 2.24) is 15.5 Å². The molecule has 4 heteroatoms. The van der Waals surface area contributed by atoms with E-state index >= 15 is 0 Å². The number of carbonyl (C=O) groups excluding carboxylic acids is 1. The lowest BCUT2D eigenvalue weighted by atomic mass is 9.89. The van der Waals surface area contributed by atoms with E-state index in [0.717, 1.165) is 38.5 Å². The van der Waals surface area contributed by atoms with E-state index in [-0.39, 0.29) is 11.9 Å². The molecule has 1 heterocycles. The second kappa shape index (κ2) is 10.2. The Hall–Kier alpha value is -0.610. The summed E-state index contributed by atoms with van der Waals surface area (Å²) in [5.74, 6) is 0.949. The summed E-state index contributed by atoms with van der Waals surface area (Å²) in [5.41, 5.74) is 0. The number of rotatable bonds is 9. The van der Waals surface area contributed by atoms with Crippen LogP contribution < -0.4 is 10.6 Å². The first-order chi connectivity index (χ1) is 10.1. The van der Waals surface area contributed by atoms with Crippen molar-refractivity contribution in [2.24, 2.45) is 5.92 Å². The Morgan fingerprint density at radius 2 is 1.86 bits per heavy atom. The van der Waals surface area contributed by atoms with Crippen molar-refractivity contribution in [2.75, 3.05) is 26.2 Å². The topological polar surface area (TPSA) is 44.4 Å². The number of unbranched alkanes of at least 4 members (excludes halogenated alkanes) is 2. The third-order valence-electron chi connectivity index (χ3n) is 4.81. The fourth-order valence-corrected chi connectivity index (χ4v) is 3.20. The average Bonchev–Trinajstić information content (AvgIpc) is 2.51. The minimum atomic E-state index is 0.0158. The molecule has 1 rings (SSSR count). The molecule has 0 saturated carbocycles. The lowest BCUT2D eigenvalue weighted by molar-refractivity contribution is -0.126. The molecule has 0 bridgehead atoms. The number of piperidine rings is 1. The van der Waals surface area contributed by atoms with Gasteiger partial charge in [0, 0.05) is 12.6 Å². The van der Waals surface area contributed by atoms with Crippen molar-refractivity contribution in [3.63, 3.8) is 0 Å². The van der Waals surface area contributed by atoms with Gasteiger partial charge in [0.25, 0.3) is 0 Å². The normalized spacial score (nSPS) is 20.2. The first-order valence-electron chi connectivity index (χ1n) is 8.85. The standard InChI is InChI=1S/C17H35N3O/c1-5-7-8-11-19-17(21)15(4)20-12-9-16(10-13-20)14(3)18-6-2/h14-16,18H,5-13H2,1-4H3,(H,19,21). The molecule has 0 aromatic heterocycles. The highest BCUT2D eigenvalue weighted by Crippen LogP contribution is 2.22. The summed E-state index contributed by atoms with van der Waals surface area (Å²) in [4.78, 5) is 14.5. The monoisotopic (exact) mass is 297 g/mol. The van der Waals surface area contributed by atoms with Crippen LogP contribution in [0, 0.1) is 5.92 Å². The zero-order valence-corrected chi connectivity index (χ0v) is 14.5. The molecule has 2 N–H and O–H groups in total. The molecule has 2 unspecified atom stereocenters. The molecule has 1 saturated heterocycles. The number of hydrogen-bond donors (Lipinski definition) is 2. The molecule has 21 heavy (non-hydrogen) atoms. The molecule has 4 nitrogen and oxygen atoms in total. The molecule has 0 radical (unpaired) electrons. The van der Waals surface area contributed by atoms with Crippen molar-refractivity contribution >= 4 is 5.91 Å². The largest absolute Gasteiger partial charge is 0.355 e. The third-order valence-corrected chi connectivity index (χ3v) is 4.81. The quantitative estimate of drug-likeness (QED) is 0.642. The van der Waals surface area contributed by atoms with Gasteiger partial charge in [0.2, 0.25) is 5.91 Å². The maximum absolute atomic E-state index is 12.2. The molecule has 0 aliphatic carbocycles. The summed E-state index contributed by atoms with van der Waals surface area (Å²) in [6.45, 7) is 12.6. The van der Waals surface area contributed by atoms with E-state index in [1.165, 1.54) is 25.7 Å². The minimum absolute atomic E-state index is 0.0158. The van der Waals surface area contributed by atoms with Crippen molar-refractivity contribution in [1.29, 1.82) is 0 Å². The molecule has 0 spiro atoms. The SMILES string of the molecule is CCCCCNC(=O)C(C)N1CCC(C(C)NCC)CC1. The molecule has 1 aliphatic heterocycles. The van der Waals surface area contributed by atoms with E-state index in [1.807, 2.05) is 6.92 Å². The number of likely N-dealkylation sites (tertiary alicyclic amines) is 1. The van der Waals surface area contributed by atoms with Crippen LogP contribution in [0.3, 0.4) is 0 Å². The molecule has 1 aliphatic rings. The van der Waals surface area contributed by atoms with E-state index in [1.54, 1.807) is 0 Å². The predicted molar refractivity (Wildman–Crippen MR) is 89.4 cm³/mol. The zero-order valence-electron chi connectivity index (χ0n) is 14.5. The lowest BCUT2D eigenvalue weighted by Crippen LogP contribution is -2.50. The van der Waals surface area contributed by atoms with Crippen molar-refractivity contribution in [3.05, 3.63) is 0 Å². The Morgan fingerprint density at radius 3 is 2.43 bits per heavy atom. The van der Waals surface area contributed by atoms with Crippen LogP contribution in [0.2, 0.25) is 0 Å². The second-order valence-electron chi connectivity index (χ2n) is 6.39. The highest BCUT2D eigenvalue weighted by atomic mass is 16.2. The Kier molecular flexibility index (Phi) is 8.93. The highest BCUT2D eigenvalue weighted by molar-refractivity contribution is 5.81. The molecular weight excluding hydrogens is 262 g/mol. The first-order valence-corrected chi connectivity index (χ1v) is 8.85. The summed E-state index contributed by atoms with van der Waals surface area (Å²) < 4.78 is 0. The molecule has 0 aromatic rings. The Labute approximate surface area is 131 Å². The van der Waals surface area contributed by atoms with E-state index < -0.39 is 0 Å². The third kappa shape index (κ3) is 6.35. The van der Waals surface area contributed by atoms with E-state index in [4.69, 9.17) is 0 Å². The number of hydrogen-bond acceptors (Lipinski definition) is 3. The van der Waals surface area contributed by atoms with Gasteiger partial charge in [0.05, 0.1) is 6.04 Å². The van der Waals surface area contributed by atoms with Crippen LogP contribution in [-0.2, 0) is 4.79 Å². The van der Waals surface area contributed by atoms with E-state index in [2.05, 4.69) is 36.3 Å². The van der Waals surface area contributed by atoms with Gasteiger partial charge in [0.15, 0.2) is 0 Å². The highest BCUT2D eigenvalue weighted by Gasteiger charge is 2.28. The molecule has 0 aromatic carbocycles. The molecule has 1 amide bonds. The number of amides is 1. The van der Waals surface area contributed by atoms with Gasteiger partial charge in [-0.05, 0) is 58.7 Å². The van der Waals surface area contributed by atoms with Crippen LogP contribution in [0.5, 0.6) is 0 Å². The van der Waals surface area contributed by atoms with Crippen molar-refractivity contribution < 1.29 is 4.79 Å². The summed E-state index contributed by atoms with van der Waals surface area (Å²) in [5, 5.41) is 6.60. The van der Waals surface area contributed by atoms with Gasteiger partial charge in [-0.15, -0.1) is 0 Å². The Morgan fingerprint density at radius 1 is 1.19 bits per heavy atom. The summed E-state index contributed by atoms with van der Waals surface area (Å²) in [6.07, 6.45) is 5.88. The molecule has 2 atom stereocenters. The van der Waals surface area contributed by atoms with Crippen LogP contribution in [0.15, 0.2) is 0 Å². The number of nitrogens with zero attached hydrogens (tertiary/aromatic N) is 1. The molecule has 124 valence electrons. The minimum Gasteiger partial charge on any atom is -0.355 e. The van der Waals surface area contributed by atoms with Gasteiger partial charge in [0.1, 0.15) is 0 Å². The summed E-state index contributed by atoms with van der Waals surface area (Å²) in [6, 6.07) is 0.609. The van der Waals surface area contributed by atoms with Crippen LogP contribution in [-0.4, -0.2) is 49.1 Å². The molecular formula is C17H35N3O. The van der Waals surface area contributed by atoms with E-state index in [9.17, 15) is 4.79 Å². The Balaban J connectivity index is 2.27. The van der Waals surface area contributed by atoms with Crippen molar-refractivity contribution in [2.45, 2.75) is 71.9 Å². The smallest absolute Gasteiger partial charge is 0.237 e. The van der Waals surface area contributed by atoms with Gasteiger partial charge >= 0.3 is 0 Å². The second-order valence-corrected chi connectivity index (χ2v) is 6.39. The predicted octanol–water partition coefficient (Wildman–Crippen LogP) is 2.39. The van der Waals surface area contributed by atoms with Gasteiger partial charge in [-0.1, -0.05) is 26.7 Å². The first kappa shape index (κ1) is 18.4. The maximum atomic E-state index is 12.2. The van der Waals surface area contributed by atoms with Crippen LogP contribution in [0.4, 0.5) is 0 Å². The lowest BCUT2D eigenvalue weighted by Gasteiger charge is -2.37. The number of carbonyl (C=O) groups is 1. The van der Waals surface area contributed by atoms with Crippen molar-refractivity contribution in [3.8, 4) is 0 Å². The molecule has 1 fully saturated rings. The average molecular weight is 297 g/mol. The van der Waals surface area contributed by atoms with Gasteiger partial charge in [-0.25, -0.2) is 0 Å². The summed E-state index contributed by atoms with van der Waals surface area (Å²) in [7, 11) is 0. The van der Waals surface area contributed by atoms with Crippen LogP contribution >= 0.6 is 0 Å². The van der Waals surface area contributed by atoms with Gasteiger partial charge < -0.3 is 10.6 Å². The van der Waals surface area contributed by atoms with Crippen LogP contribution in [0.25, 0.3) is 0 Å². The fourth-order valence-electron chi connectivity index (χ4n) is 3.20. The van der Waals surface area contributed by atoms with Gasteiger partial charge in [-0.2, -0.15) is 0 Å². The van der Waals surface area contributed by atoms with Gasteiger partial charge in [-0.3, -0.25) is 9.69 Å². The Bertz CT molecular complexity index is 288. The van der Waals surface area contributed by atoms with E-state index in [0.29, 0.717) is 6.04 Å². The summed E-state index contributed by atoms with van der Waals surface area (Å²) >= 11 is 0. The number of nitrogens with one attached hydrogen (secondary N) is 2. The van der Waals surface area contributed by atoms with Crippen LogP contribution in [0.1, 0.15) is 59.8 Å². The maximum Gasteiger partial charge on any atom is 0.237 e.